The van der Waals surface area contributed by atoms with Crippen LogP contribution in [0.1, 0.15) is 39.7 Å². The number of benzene rings is 1. The van der Waals surface area contributed by atoms with Gasteiger partial charge in [0, 0.05) is 18.2 Å². The minimum absolute atomic E-state index is 0.170. The van der Waals surface area contributed by atoms with Crippen molar-refractivity contribution in [2.75, 3.05) is 26.9 Å². The molecule has 0 atom stereocenters. The lowest BCUT2D eigenvalue weighted by Gasteiger charge is -2.20. The molecule has 0 aliphatic heterocycles. The molecule has 0 heterocycles. The van der Waals surface area contributed by atoms with E-state index in [1.54, 1.807) is 7.11 Å². The molecule has 0 bridgehead atoms. The van der Waals surface area contributed by atoms with Gasteiger partial charge in [0.15, 0.2) is 0 Å². The standard InChI is InChI=1S/C18H29NO2/c1-15(9-8-12-19-18(2,3)4)16-10-6-7-11-17(16)21-14-13-20-5/h6-7,9-11,19H,8,12-14H2,1-5H3/b15-9+. The summed E-state index contributed by atoms with van der Waals surface area (Å²) in [6.07, 6.45) is 3.27. The van der Waals surface area contributed by atoms with E-state index in [0.29, 0.717) is 13.2 Å². The van der Waals surface area contributed by atoms with E-state index in [1.807, 2.05) is 18.2 Å². The van der Waals surface area contributed by atoms with E-state index in [2.05, 4.69) is 45.2 Å². The normalized spacial score (nSPS) is 12.5. The monoisotopic (exact) mass is 291 g/mol. The summed E-state index contributed by atoms with van der Waals surface area (Å²) >= 11 is 0. The van der Waals surface area contributed by atoms with Gasteiger partial charge in [-0.05, 0) is 52.3 Å². The maximum atomic E-state index is 5.78. The average molecular weight is 291 g/mol. The van der Waals surface area contributed by atoms with E-state index in [9.17, 15) is 0 Å². The topological polar surface area (TPSA) is 30.5 Å². The van der Waals surface area contributed by atoms with Gasteiger partial charge in [-0.2, -0.15) is 0 Å². The van der Waals surface area contributed by atoms with Crippen molar-refractivity contribution in [1.29, 1.82) is 0 Å². The van der Waals surface area contributed by atoms with Gasteiger partial charge in [-0.15, -0.1) is 0 Å². The van der Waals surface area contributed by atoms with E-state index in [0.717, 1.165) is 24.3 Å². The van der Waals surface area contributed by atoms with Gasteiger partial charge < -0.3 is 14.8 Å². The fraction of sp³-hybridized carbons (Fsp3) is 0.556. The van der Waals surface area contributed by atoms with Crippen LogP contribution >= 0.6 is 0 Å². The summed E-state index contributed by atoms with van der Waals surface area (Å²) < 4.78 is 10.8. The lowest BCUT2D eigenvalue weighted by molar-refractivity contribution is 0.146. The first-order chi connectivity index (χ1) is 9.94. The van der Waals surface area contributed by atoms with Gasteiger partial charge in [0.25, 0.3) is 0 Å². The van der Waals surface area contributed by atoms with Crippen LogP contribution in [0.15, 0.2) is 30.3 Å². The zero-order chi connectivity index (χ0) is 15.7. The van der Waals surface area contributed by atoms with Crippen molar-refractivity contribution in [2.45, 2.75) is 39.7 Å². The summed E-state index contributed by atoms with van der Waals surface area (Å²) in [4.78, 5) is 0. The second-order valence-corrected chi connectivity index (χ2v) is 6.19. The van der Waals surface area contributed by atoms with Crippen LogP contribution in [0.3, 0.4) is 0 Å². The van der Waals surface area contributed by atoms with Crippen molar-refractivity contribution >= 4 is 5.57 Å². The number of rotatable bonds is 8. The maximum absolute atomic E-state index is 5.78. The SMILES string of the molecule is COCCOc1ccccc1/C(C)=C/CCNC(C)(C)C. The van der Waals surface area contributed by atoms with Crippen molar-refractivity contribution in [3.05, 3.63) is 35.9 Å². The lowest BCUT2D eigenvalue weighted by Crippen LogP contribution is -2.36. The van der Waals surface area contributed by atoms with Crippen LogP contribution < -0.4 is 10.1 Å². The second-order valence-electron chi connectivity index (χ2n) is 6.19. The van der Waals surface area contributed by atoms with Gasteiger partial charge in [-0.1, -0.05) is 24.3 Å². The molecule has 3 nitrogen and oxygen atoms in total. The van der Waals surface area contributed by atoms with Gasteiger partial charge in [0.1, 0.15) is 12.4 Å². The predicted octanol–water partition coefficient (Wildman–Crippen LogP) is 3.89. The Morgan fingerprint density at radius 3 is 2.57 bits per heavy atom. The Morgan fingerprint density at radius 1 is 1.19 bits per heavy atom. The summed E-state index contributed by atoms with van der Waals surface area (Å²) in [7, 11) is 1.68. The molecule has 118 valence electrons. The van der Waals surface area contributed by atoms with Gasteiger partial charge >= 0.3 is 0 Å². The third-order valence-electron chi connectivity index (χ3n) is 3.11. The number of allylic oxidation sites excluding steroid dienone is 1. The Kier molecular flexibility index (Phi) is 7.48. The fourth-order valence-corrected chi connectivity index (χ4v) is 2.00. The van der Waals surface area contributed by atoms with Crippen molar-refractivity contribution in [2.24, 2.45) is 0 Å². The number of ether oxygens (including phenoxy) is 2. The molecule has 0 unspecified atom stereocenters. The molecule has 3 heteroatoms. The van der Waals surface area contributed by atoms with Gasteiger partial charge in [0.2, 0.25) is 0 Å². The molecule has 1 N–H and O–H groups in total. The molecule has 0 aliphatic rings. The third-order valence-corrected chi connectivity index (χ3v) is 3.11. The molecule has 0 aromatic heterocycles. The molecule has 0 amide bonds. The fourth-order valence-electron chi connectivity index (χ4n) is 2.00. The van der Waals surface area contributed by atoms with Crippen molar-refractivity contribution in [3.63, 3.8) is 0 Å². The van der Waals surface area contributed by atoms with E-state index < -0.39 is 0 Å². The summed E-state index contributed by atoms with van der Waals surface area (Å²) in [6, 6.07) is 8.16. The van der Waals surface area contributed by atoms with E-state index in [-0.39, 0.29) is 5.54 Å². The molecule has 0 radical (unpaired) electrons. The Morgan fingerprint density at radius 2 is 1.90 bits per heavy atom. The first kappa shape index (κ1) is 17.7. The largest absolute Gasteiger partial charge is 0.491 e. The molecule has 1 rings (SSSR count). The minimum atomic E-state index is 0.170. The van der Waals surface area contributed by atoms with E-state index in [1.165, 1.54) is 5.57 Å². The summed E-state index contributed by atoms with van der Waals surface area (Å²) in [5, 5.41) is 3.49. The molecule has 0 fully saturated rings. The molecule has 0 saturated carbocycles. The molecule has 1 aromatic carbocycles. The Labute approximate surface area is 129 Å². The molecule has 21 heavy (non-hydrogen) atoms. The molecular formula is C18H29NO2. The van der Waals surface area contributed by atoms with Crippen molar-refractivity contribution in [3.8, 4) is 5.75 Å². The van der Waals surface area contributed by atoms with Crippen LogP contribution in [0.2, 0.25) is 0 Å². The number of para-hydroxylation sites is 1. The van der Waals surface area contributed by atoms with Crippen molar-refractivity contribution < 1.29 is 9.47 Å². The zero-order valence-corrected chi connectivity index (χ0v) is 14.0. The van der Waals surface area contributed by atoms with Crippen LogP contribution in [-0.4, -0.2) is 32.4 Å². The highest BCUT2D eigenvalue weighted by molar-refractivity contribution is 5.68. The highest BCUT2D eigenvalue weighted by Gasteiger charge is 2.07. The van der Waals surface area contributed by atoms with Crippen molar-refractivity contribution in [1.82, 2.24) is 5.32 Å². The van der Waals surface area contributed by atoms with Crippen LogP contribution in [0.25, 0.3) is 5.57 Å². The zero-order valence-electron chi connectivity index (χ0n) is 14.0. The average Bonchev–Trinajstić information content (AvgIpc) is 2.43. The molecule has 0 spiro atoms. The van der Waals surface area contributed by atoms with Crippen LogP contribution in [-0.2, 0) is 4.74 Å². The molecular weight excluding hydrogens is 262 g/mol. The highest BCUT2D eigenvalue weighted by Crippen LogP contribution is 2.25. The quantitative estimate of drug-likeness (QED) is 0.737. The maximum Gasteiger partial charge on any atom is 0.126 e. The van der Waals surface area contributed by atoms with Gasteiger partial charge in [0.05, 0.1) is 6.61 Å². The third kappa shape index (κ3) is 7.30. The Bertz CT molecular complexity index is 447. The number of methoxy groups -OCH3 is 1. The number of hydrogen-bond donors (Lipinski definition) is 1. The molecule has 1 aromatic rings. The second kappa shape index (κ2) is 8.85. The molecule has 0 aliphatic carbocycles. The smallest absolute Gasteiger partial charge is 0.126 e. The van der Waals surface area contributed by atoms with Crippen LogP contribution in [0.4, 0.5) is 0 Å². The lowest BCUT2D eigenvalue weighted by atomic mass is 10.0. The van der Waals surface area contributed by atoms with E-state index >= 15 is 0 Å². The van der Waals surface area contributed by atoms with Crippen LogP contribution in [0.5, 0.6) is 5.75 Å². The van der Waals surface area contributed by atoms with Crippen LogP contribution in [0, 0.1) is 0 Å². The predicted molar refractivity (Wildman–Crippen MR) is 89.8 cm³/mol. The molecule has 0 saturated heterocycles. The first-order valence-corrected chi connectivity index (χ1v) is 7.57. The summed E-state index contributed by atoms with van der Waals surface area (Å²) in [5.74, 6) is 0.923. The first-order valence-electron chi connectivity index (χ1n) is 7.57. The van der Waals surface area contributed by atoms with E-state index in [4.69, 9.17) is 9.47 Å². The highest BCUT2D eigenvalue weighted by atomic mass is 16.5. The number of nitrogens with one attached hydrogen (secondary N) is 1. The van der Waals surface area contributed by atoms with Gasteiger partial charge in [-0.25, -0.2) is 0 Å². The van der Waals surface area contributed by atoms with Gasteiger partial charge in [-0.3, -0.25) is 0 Å². The summed E-state index contributed by atoms with van der Waals surface area (Å²) in [5.41, 5.74) is 2.58. The summed E-state index contributed by atoms with van der Waals surface area (Å²) in [6.45, 7) is 10.8. The number of hydrogen-bond acceptors (Lipinski definition) is 3. The Hall–Kier alpha value is -1.32. The minimum Gasteiger partial charge on any atom is -0.491 e. The Balaban J connectivity index is 2.61.